The molecule has 79 heavy (non-hydrogen) atoms. The first-order valence-corrected chi connectivity index (χ1v) is 33.9. The average Bonchev–Trinajstić information content (AvgIpc) is 3.42. The Kier molecular flexibility index (Phi) is 57.2. The number of phosphoric acid groups is 1. The maximum Gasteiger partial charge on any atom is 0.268 e. The highest BCUT2D eigenvalue weighted by Crippen LogP contribution is 2.38. The Hall–Kier alpha value is -3.10. The second-order valence-electron chi connectivity index (χ2n) is 22.7. The van der Waals surface area contributed by atoms with Gasteiger partial charge in [-0.1, -0.05) is 277 Å². The molecule has 0 aliphatic carbocycles. The molecule has 1 amide bonds. The zero-order valence-corrected chi connectivity index (χ0v) is 52.7. The SMILES string of the molecule is CC/C=C\C/C=C\C/C=C\C/C=C\C/C=C\C/C=C\C/C=C\CCCCCCCCCCCCCCCCCC(=O)NC(COP(=O)([O-])OCC[N+](C)(C)C)C(O)/C=C/CC/C=C/CC/C=C/CCCCCCCCCCCC. The summed E-state index contributed by atoms with van der Waals surface area (Å²) in [4.78, 5) is 25.6. The summed E-state index contributed by atoms with van der Waals surface area (Å²) >= 11 is 0. The van der Waals surface area contributed by atoms with Crippen molar-refractivity contribution in [2.45, 2.75) is 276 Å². The Balaban J connectivity index is 4.13. The van der Waals surface area contributed by atoms with Gasteiger partial charge in [-0.2, -0.15) is 0 Å². The number of hydrogen-bond donors (Lipinski definition) is 2. The molecule has 8 nitrogen and oxygen atoms in total. The number of allylic oxidation sites excluding steroid dienone is 19. The van der Waals surface area contributed by atoms with Crippen LogP contribution in [-0.2, 0) is 18.4 Å². The van der Waals surface area contributed by atoms with Gasteiger partial charge in [0, 0.05) is 6.42 Å². The van der Waals surface area contributed by atoms with Gasteiger partial charge in [-0.15, -0.1) is 0 Å². The molecule has 0 bridgehead atoms. The fourth-order valence-corrected chi connectivity index (χ4v) is 9.60. The quantitative estimate of drug-likeness (QED) is 0.0272. The van der Waals surface area contributed by atoms with Crippen LogP contribution in [0.5, 0.6) is 0 Å². The Morgan fingerprint density at radius 3 is 1.18 bits per heavy atom. The van der Waals surface area contributed by atoms with Crippen molar-refractivity contribution >= 4 is 13.7 Å². The molecule has 3 atom stereocenters. The Morgan fingerprint density at radius 2 is 0.785 bits per heavy atom. The molecule has 0 aromatic rings. The lowest BCUT2D eigenvalue weighted by Crippen LogP contribution is -2.45. The minimum atomic E-state index is -4.62. The molecule has 0 aromatic carbocycles. The van der Waals surface area contributed by atoms with Gasteiger partial charge >= 0.3 is 0 Å². The predicted octanol–water partition coefficient (Wildman–Crippen LogP) is 19.9. The van der Waals surface area contributed by atoms with E-state index in [1.54, 1.807) is 6.08 Å². The standard InChI is InChI=1S/C70H123N2O6P/c1-6-8-10-12-14-16-18-20-22-24-26-28-29-30-31-32-33-34-35-36-37-38-39-40-41-42-43-44-46-48-50-52-54-56-58-60-62-64-70(74)71-68(67-78-79(75,76)77-66-65-72(3,4)5)69(73)63-61-59-57-55-53-51-49-47-45-27-25-23-21-19-17-15-13-11-9-7-2/h8,10,14,16,20,22,26,28,30-31,33-34,36-37,45,47,53,55,61,63,68-69,73H,6-7,9,11-13,15,17-19,21,23-25,27,29,32,35,38-44,46,48-52,54,56-60,62,64-67H2,1-5H3,(H-,71,74,75,76)/b10-8-,16-14-,22-20-,28-26-,31-30-,34-33-,37-36-,47-45+,55-53+,63-61+. The zero-order valence-electron chi connectivity index (χ0n) is 51.8. The molecule has 0 aliphatic rings. The molecule has 0 saturated heterocycles. The molecule has 0 fully saturated rings. The molecular weight excluding hydrogens is 996 g/mol. The van der Waals surface area contributed by atoms with E-state index in [-0.39, 0.29) is 12.5 Å². The topological polar surface area (TPSA) is 108 Å². The first-order chi connectivity index (χ1) is 38.5. The molecule has 0 aliphatic heterocycles. The van der Waals surface area contributed by atoms with Crippen LogP contribution in [0.1, 0.15) is 264 Å². The third-order valence-corrected chi connectivity index (χ3v) is 14.8. The van der Waals surface area contributed by atoms with Crippen LogP contribution in [0.3, 0.4) is 0 Å². The molecule has 0 heterocycles. The van der Waals surface area contributed by atoms with E-state index in [4.69, 9.17) is 9.05 Å². The maximum absolute atomic E-state index is 13.0. The minimum Gasteiger partial charge on any atom is -0.756 e. The molecular formula is C70H123N2O6P. The van der Waals surface area contributed by atoms with Crippen molar-refractivity contribution in [3.8, 4) is 0 Å². The molecule has 9 heteroatoms. The summed E-state index contributed by atoms with van der Waals surface area (Å²) in [6.45, 7) is 4.51. The lowest BCUT2D eigenvalue weighted by atomic mass is 10.0. The van der Waals surface area contributed by atoms with E-state index in [0.29, 0.717) is 17.4 Å². The van der Waals surface area contributed by atoms with E-state index in [1.807, 2.05) is 27.2 Å². The van der Waals surface area contributed by atoms with Crippen LogP contribution < -0.4 is 10.2 Å². The van der Waals surface area contributed by atoms with Crippen molar-refractivity contribution in [1.29, 1.82) is 0 Å². The van der Waals surface area contributed by atoms with Crippen LogP contribution in [0, 0.1) is 0 Å². The number of nitrogens with one attached hydrogen (secondary N) is 1. The lowest BCUT2D eigenvalue weighted by molar-refractivity contribution is -0.870. The fraction of sp³-hybridized carbons (Fsp3) is 0.700. The van der Waals surface area contributed by atoms with Gasteiger partial charge in [-0.25, -0.2) is 0 Å². The first kappa shape index (κ1) is 75.9. The van der Waals surface area contributed by atoms with Gasteiger partial charge in [0.05, 0.1) is 39.9 Å². The Labute approximate surface area is 488 Å². The van der Waals surface area contributed by atoms with E-state index in [9.17, 15) is 19.4 Å². The maximum atomic E-state index is 13.0. The number of aliphatic hydroxyl groups excluding tert-OH is 1. The predicted molar refractivity (Wildman–Crippen MR) is 343 cm³/mol. The first-order valence-electron chi connectivity index (χ1n) is 32.4. The van der Waals surface area contributed by atoms with Gasteiger partial charge in [0.2, 0.25) is 5.91 Å². The number of carbonyl (C=O) groups is 1. The van der Waals surface area contributed by atoms with Crippen LogP contribution in [-0.4, -0.2) is 68.5 Å². The Morgan fingerprint density at radius 1 is 0.456 bits per heavy atom. The third kappa shape index (κ3) is 62.4. The Bertz CT molecular complexity index is 1700. The number of unbranched alkanes of at least 4 members (excludes halogenated alkanes) is 27. The fourth-order valence-electron chi connectivity index (χ4n) is 8.87. The van der Waals surface area contributed by atoms with Crippen molar-refractivity contribution in [3.63, 3.8) is 0 Å². The van der Waals surface area contributed by atoms with E-state index in [0.717, 1.165) is 89.9 Å². The van der Waals surface area contributed by atoms with Gasteiger partial charge in [-0.3, -0.25) is 9.36 Å². The highest BCUT2D eigenvalue weighted by molar-refractivity contribution is 7.45. The van der Waals surface area contributed by atoms with Crippen LogP contribution in [0.25, 0.3) is 0 Å². The third-order valence-electron chi connectivity index (χ3n) is 13.9. The van der Waals surface area contributed by atoms with E-state index in [2.05, 4.69) is 129 Å². The normalized spacial score (nSPS) is 14.6. The summed E-state index contributed by atoms with van der Waals surface area (Å²) in [5.74, 6) is -0.214. The summed E-state index contributed by atoms with van der Waals surface area (Å²) in [5.41, 5.74) is 0. The number of quaternary nitrogens is 1. The largest absolute Gasteiger partial charge is 0.756 e. The highest BCUT2D eigenvalue weighted by atomic mass is 31.2. The van der Waals surface area contributed by atoms with Crippen LogP contribution in [0.15, 0.2) is 122 Å². The number of hydrogen-bond acceptors (Lipinski definition) is 6. The van der Waals surface area contributed by atoms with Crippen molar-refractivity contribution in [2.24, 2.45) is 0 Å². The molecule has 0 aromatic heterocycles. The second-order valence-corrected chi connectivity index (χ2v) is 24.1. The van der Waals surface area contributed by atoms with Gasteiger partial charge in [0.15, 0.2) is 0 Å². The number of phosphoric ester groups is 1. The summed E-state index contributed by atoms with van der Waals surface area (Å²) < 4.78 is 23.4. The molecule has 0 saturated carbocycles. The van der Waals surface area contributed by atoms with Crippen molar-refractivity contribution in [2.75, 3.05) is 40.9 Å². The highest BCUT2D eigenvalue weighted by Gasteiger charge is 2.23. The van der Waals surface area contributed by atoms with Gasteiger partial charge in [-0.05, 0) is 103 Å². The van der Waals surface area contributed by atoms with Crippen LogP contribution >= 0.6 is 7.82 Å². The van der Waals surface area contributed by atoms with Crippen molar-refractivity contribution < 1.29 is 32.9 Å². The molecule has 2 N–H and O–H groups in total. The number of aliphatic hydroxyl groups is 1. The summed E-state index contributed by atoms with van der Waals surface area (Å²) in [7, 11) is 1.23. The zero-order chi connectivity index (χ0) is 57.7. The molecule has 0 rings (SSSR count). The molecule has 0 radical (unpaired) electrons. The summed E-state index contributed by atoms with van der Waals surface area (Å²) in [6, 6.07) is -0.917. The van der Waals surface area contributed by atoms with E-state index < -0.39 is 26.6 Å². The number of likely N-dealkylation sites (N-methyl/N-ethyl adjacent to an activating group) is 1. The second kappa shape index (κ2) is 59.5. The molecule has 0 spiro atoms. The molecule has 3 unspecified atom stereocenters. The van der Waals surface area contributed by atoms with Crippen molar-refractivity contribution in [3.05, 3.63) is 122 Å². The van der Waals surface area contributed by atoms with Crippen LogP contribution in [0.4, 0.5) is 0 Å². The van der Waals surface area contributed by atoms with Gasteiger partial charge in [0.1, 0.15) is 13.2 Å². The lowest BCUT2D eigenvalue weighted by Gasteiger charge is -2.29. The minimum absolute atomic E-state index is 0.0133. The average molecular weight is 1120 g/mol. The summed E-state index contributed by atoms with van der Waals surface area (Å²) in [6.07, 6.45) is 88.7. The van der Waals surface area contributed by atoms with E-state index >= 15 is 0 Å². The van der Waals surface area contributed by atoms with Gasteiger partial charge < -0.3 is 28.8 Å². The number of rotatable bonds is 58. The van der Waals surface area contributed by atoms with Crippen molar-refractivity contribution in [1.82, 2.24) is 5.32 Å². The van der Waals surface area contributed by atoms with Crippen LogP contribution in [0.2, 0.25) is 0 Å². The number of nitrogens with zero attached hydrogens (tertiary/aromatic N) is 1. The van der Waals surface area contributed by atoms with E-state index in [1.165, 1.54) is 154 Å². The smallest absolute Gasteiger partial charge is 0.268 e. The number of carbonyl (C=O) groups excluding carboxylic acids is 1. The summed E-state index contributed by atoms with van der Waals surface area (Å²) in [5, 5.41) is 13.9. The monoisotopic (exact) mass is 1120 g/mol. The molecule has 454 valence electrons. The number of amides is 1. The van der Waals surface area contributed by atoms with Gasteiger partial charge in [0.25, 0.3) is 7.82 Å².